The van der Waals surface area contributed by atoms with Crippen LogP contribution in [0.25, 0.3) is 0 Å². The van der Waals surface area contributed by atoms with Gasteiger partial charge < -0.3 is 4.74 Å². The van der Waals surface area contributed by atoms with Crippen molar-refractivity contribution in [2.75, 3.05) is 0 Å². The molecule has 0 heterocycles. The molecule has 0 N–H and O–H groups in total. The van der Waals surface area contributed by atoms with Crippen LogP contribution in [0.3, 0.4) is 0 Å². The van der Waals surface area contributed by atoms with Gasteiger partial charge in [-0.25, -0.2) is 0 Å². The van der Waals surface area contributed by atoms with Crippen molar-refractivity contribution < 1.29 is 9.53 Å². The molecule has 2 heteroatoms. The van der Waals surface area contributed by atoms with E-state index < -0.39 is 5.41 Å². The zero-order valence-corrected chi connectivity index (χ0v) is 11.4. The summed E-state index contributed by atoms with van der Waals surface area (Å²) in [5.74, 6) is 6.29. The smallest absolute Gasteiger partial charge is 0.312 e. The summed E-state index contributed by atoms with van der Waals surface area (Å²) in [5.41, 5.74) is -0.455. The van der Waals surface area contributed by atoms with Gasteiger partial charge in [-0.15, -0.1) is 0 Å². The van der Waals surface area contributed by atoms with E-state index in [1.165, 1.54) is 0 Å². The summed E-state index contributed by atoms with van der Waals surface area (Å²) in [6, 6.07) is 0. The van der Waals surface area contributed by atoms with E-state index in [1.807, 2.05) is 27.7 Å². The minimum absolute atomic E-state index is 0.177. The van der Waals surface area contributed by atoms with Gasteiger partial charge in [-0.3, -0.25) is 4.79 Å². The Labute approximate surface area is 99.8 Å². The largest absolute Gasteiger partial charge is 0.449 e. The summed E-state index contributed by atoms with van der Waals surface area (Å²) in [6.07, 6.45) is 1.34. The standard InChI is InChI=1S/C14H24O2/c1-7-8-9-12(10-11(2)3)16-13(15)14(4,5)6/h11-12H,7,10H2,1-6H3. The molecule has 0 saturated heterocycles. The molecule has 16 heavy (non-hydrogen) atoms. The predicted octanol–water partition coefficient (Wildman–Crippen LogP) is 3.40. The fourth-order valence-corrected chi connectivity index (χ4v) is 1.09. The second kappa shape index (κ2) is 6.58. The van der Waals surface area contributed by atoms with E-state index in [1.54, 1.807) is 0 Å². The van der Waals surface area contributed by atoms with Crippen LogP contribution in [-0.4, -0.2) is 12.1 Å². The normalized spacial score (nSPS) is 12.9. The molecule has 0 aromatic heterocycles. The van der Waals surface area contributed by atoms with Crippen LogP contribution in [-0.2, 0) is 9.53 Å². The Morgan fingerprint density at radius 1 is 1.31 bits per heavy atom. The highest BCUT2D eigenvalue weighted by Gasteiger charge is 2.25. The molecule has 0 fully saturated rings. The average molecular weight is 224 g/mol. The lowest BCUT2D eigenvalue weighted by Gasteiger charge is -2.21. The SMILES string of the molecule is CCC#CC(CC(C)C)OC(=O)C(C)(C)C. The fraction of sp³-hybridized carbons (Fsp3) is 0.786. The van der Waals surface area contributed by atoms with Gasteiger partial charge >= 0.3 is 5.97 Å². The lowest BCUT2D eigenvalue weighted by atomic mass is 9.97. The number of esters is 1. The minimum atomic E-state index is -0.455. The summed E-state index contributed by atoms with van der Waals surface area (Å²) >= 11 is 0. The summed E-state index contributed by atoms with van der Waals surface area (Å²) < 4.78 is 5.42. The van der Waals surface area contributed by atoms with E-state index in [2.05, 4.69) is 25.7 Å². The molecule has 0 aromatic carbocycles. The molecule has 0 aliphatic rings. The molecule has 1 atom stereocenters. The van der Waals surface area contributed by atoms with Crippen LogP contribution in [0.5, 0.6) is 0 Å². The second-order valence-electron chi connectivity index (χ2n) is 5.45. The Morgan fingerprint density at radius 2 is 1.88 bits per heavy atom. The number of hydrogen-bond donors (Lipinski definition) is 0. The Hall–Kier alpha value is -0.970. The maximum atomic E-state index is 11.7. The third kappa shape index (κ3) is 6.50. The molecule has 0 aliphatic carbocycles. The number of carbonyl (C=O) groups excluding carboxylic acids is 1. The zero-order valence-electron chi connectivity index (χ0n) is 11.4. The lowest BCUT2D eigenvalue weighted by molar-refractivity contribution is -0.156. The van der Waals surface area contributed by atoms with Crippen LogP contribution in [0.4, 0.5) is 0 Å². The van der Waals surface area contributed by atoms with Crippen LogP contribution in [0, 0.1) is 23.2 Å². The number of hydrogen-bond acceptors (Lipinski definition) is 2. The lowest BCUT2D eigenvalue weighted by Crippen LogP contribution is -2.28. The molecular formula is C14H24O2. The zero-order chi connectivity index (χ0) is 12.8. The Bertz CT molecular complexity index is 273. The molecule has 0 aliphatic heterocycles. The Morgan fingerprint density at radius 3 is 2.25 bits per heavy atom. The first-order chi connectivity index (χ1) is 7.27. The highest BCUT2D eigenvalue weighted by Crippen LogP contribution is 2.18. The summed E-state index contributed by atoms with van der Waals surface area (Å²) in [7, 11) is 0. The van der Waals surface area contributed by atoms with E-state index in [0.29, 0.717) is 5.92 Å². The topological polar surface area (TPSA) is 26.3 Å². The molecule has 0 spiro atoms. The molecule has 0 radical (unpaired) electrons. The van der Waals surface area contributed by atoms with Crippen molar-refractivity contribution >= 4 is 5.97 Å². The van der Waals surface area contributed by atoms with Crippen molar-refractivity contribution in [3.63, 3.8) is 0 Å². The highest BCUT2D eigenvalue weighted by atomic mass is 16.5. The summed E-state index contributed by atoms with van der Waals surface area (Å²) in [6.45, 7) is 11.8. The number of ether oxygens (including phenoxy) is 1. The summed E-state index contributed by atoms with van der Waals surface area (Å²) in [5, 5.41) is 0. The predicted molar refractivity (Wildman–Crippen MR) is 66.9 cm³/mol. The van der Waals surface area contributed by atoms with Crippen molar-refractivity contribution in [2.24, 2.45) is 11.3 Å². The quantitative estimate of drug-likeness (QED) is 0.542. The van der Waals surface area contributed by atoms with Gasteiger partial charge in [-0.1, -0.05) is 32.6 Å². The third-order valence-corrected chi connectivity index (χ3v) is 1.99. The van der Waals surface area contributed by atoms with Gasteiger partial charge in [0.15, 0.2) is 6.10 Å². The highest BCUT2D eigenvalue weighted by molar-refractivity contribution is 5.75. The third-order valence-electron chi connectivity index (χ3n) is 1.99. The second-order valence-corrected chi connectivity index (χ2v) is 5.45. The molecule has 0 aromatic rings. The van der Waals surface area contributed by atoms with Gasteiger partial charge in [-0.05, 0) is 33.1 Å². The molecule has 92 valence electrons. The van der Waals surface area contributed by atoms with Crippen LogP contribution in [0.1, 0.15) is 54.4 Å². The Balaban J connectivity index is 4.49. The van der Waals surface area contributed by atoms with E-state index in [-0.39, 0.29) is 12.1 Å². The molecule has 1 unspecified atom stereocenters. The van der Waals surface area contributed by atoms with Gasteiger partial charge in [0.1, 0.15) is 0 Å². The average Bonchev–Trinajstić information content (AvgIpc) is 2.11. The van der Waals surface area contributed by atoms with Crippen LogP contribution < -0.4 is 0 Å². The van der Waals surface area contributed by atoms with Gasteiger partial charge in [0.2, 0.25) is 0 Å². The molecule has 0 rings (SSSR count). The first-order valence-electron chi connectivity index (χ1n) is 5.96. The molecular weight excluding hydrogens is 200 g/mol. The van der Waals surface area contributed by atoms with Crippen molar-refractivity contribution in [1.29, 1.82) is 0 Å². The van der Waals surface area contributed by atoms with Crippen LogP contribution in [0.15, 0.2) is 0 Å². The van der Waals surface area contributed by atoms with E-state index >= 15 is 0 Å². The molecule has 2 nitrogen and oxygen atoms in total. The van der Waals surface area contributed by atoms with Gasteiger partial charge in [0.25, 0.3) is 0 Å². The number of carbonyl (C=O) groups is 1. The molecule has 0 saturated carbocycles. The summed E-state index contributed by atoms with van der Waals surface area (Å²) in [4.78, 5) is 11.7. The maximum Gasteiger partial charge on any atom is 0.312 e. The van der Waals surface area contributed by atoms with Crippen molar-refractivity contribution in [3.8, 4) is 11.8 Å². The van der Waals surface area contributed by atoms with Crippen LogP contribution in [0.2, 0.25) is 0 Å². The Kier molecular flexibility index (Phi) is 6.18. The first-order valence-corrected chi connectivity index (χ1v) is 5.96. The van der Waals surface area contributed by atoms with Gasteiger partial charge in [-0.2, -0.15) is 0 Å². The van der Waals surface area contributed by atoms with Crippen molar-refractivity contribution in [2.45, 2.75) is 60.5 Å². The molecule has 0 bridgehead atoms. The molecule has 0 amide bonds. The van der Waals surface area contributed by atoms with E-state index in [9.17, 15) is 4.79 Å². The van der Waals surface area contributed by atoms with Crippen LogP contribution >= 0.6 is 0 Å². The van der Waals surface area contributed by atoms with E-state index in [0.717, 1.165) is 12.8 Å². The van der Waals surface area contributed by atoms with E-state index in [4.69, 9.17) is 4.74 Å². The monoisotopic (exact) mass is 224 g/mol. The van der Waals surface area contributed by atoms with Gasteiger partial charge in [0.05, 0.1) is 5.41 Å². The number of rotatable bonds is 3. The maximum absolute atomic E-state index is 11.7. The van der Waals surface area contributed by atoms with Crippen molar-refractivity contribution in [1.82, 2.24) is 0 Å². The fourth-order valence-electron chi connectivity index (χ4n) is 1.09. The van der Waals surface area contributed by atoms with Crippen molar-refractivity contribution in [3.05, 3.63) is 0 Å². The van der Waals surface area contributed by atoms with Gasteiger partial charge in [0, 0.05) is 6.42 Å². The first kappa shape index (κ1) is 15.0. The minimum Gasteiger partial charge on any atom is -0.449 e.